The fraction of sp³-hybridized carbons (Fsp3) is 0.366. The van der Waals surface area contributed by atoms with Crippen LogP contribution in [-0.4, -0.2) is 60.8 Å². The molecule has 2 atom stereocenters. The maximum atomic E-state index is 12.7. The van der Waals surface area contributed by atoms with E-state index in [0.29, 0.717) is 22.6 Å². The molecule has 0 radical (unpaired) electrons. The van der Waals surface area contributed by atoms with Gasteiger partial charge in [0.1, 0.15) is 37.4 Å². The van der Waals surface area contributed by atoms with Gasteiger partial charge in [-0.05, 0) is 135 Å². The van der Waals surface area contributed by atoms with Crippen molar-refractivity contribution in [1.29, 1.82) is 0 Å². The summed E-state index contributed by atoms with van der Waals surface area (Å²) >= 11 is 0. The first-order valence-corrected chi connectivity index (χ1v) is 16.5. The molecular formula is C41H48O8. The number of hydrogen-bond donors (Lipinski definition) is 2. The molecule has 8 heteroatoms. The monoisotopic (exact) mass is 668 g/mol. The Morgan fingerprint density at radius 2 is 1.04 bits per heavy atom. The third kappa shape index (κ3) is 9.49. The van der Waals surface area contributed by atoms with Crippen LogP contribution in [0.5, 0.6) is 11.5 Å². The molecule has 2 unspecified atom stereocenters. The van der Waals surface area contributed by atoms with Crippen molar-refractivity contribution < 1.29 is 38.7 Å². The molecule has 0 bridgehead atoms. The number of carbonyl (C=O) groups excluding carboxylic acids is 2. The number of hydrogen-bond acceptors (Lipinski definition) is 8. The summed E-state index contributed by atoms with van der Waals surface area (Å²) in [7, 11) is 0. The Bertz CT molecular complexity index is 1710. The number of aryl methyl sites for hydroxylation is 4. The maximum absolute atomic E-state index is 12.7. The van der Waals surface area contributed by atoms with Crippen LogP contribution in [-0.2, 0) is 14.9 Å². The number of ether oxygens (including phenoxy) is 4. The summed E-state index contributed by atoms with van der Waals surface area (Å²) in [5, 5.41) is 20.2. The third-order valence-electron chi connectivity index (χ3n) is 9.24. The molecule has 49 heavy (non-hydrogen) atoms. The zero-order valence-corrected chi connectivity index (χ0v) is 29.8. The minimum atomic E-state index is -0.977. The summed E-state index contributed by atoms with van der Waals surface area (Å²) in [5.74, 6) is 0.205. The van der Waals surface area contributed by atoms with Crippen LogP contribution in [0.4, 0.5) is 0 Å². The van der Waals surface area contributed by atoms with Crippen LogP contribution in [0.25, 0.3) is 0 Å². The molecule has 0 spiro atoms. The van der Waals surface area contributed by atoms with Gasteiger partial charge in [-0.15, -0.1) is 0 Å². The van der Waals surface area contributed by atoms with Gasteiger partial charge < -0.3 is 29.2 Å². The molecule has 0 fully saturated rings. The van der Waals surface area contributed by atoms with Gasteiger partial charge in [-0.2, -0.15) is 0 Å². The molecule has 4 aromatic rings. The van der Waals surface area contributed by atoms with E-state index in [-0.39, 0.29) is 31.8 Å². The standard InChI is InChI=1S/C41H48O8/c1-25-17-31(18-26(2)29(25)5)39(44)48-23-35(43)22-46-36-13-9-33(10-14-36)41(7,8)34-11-15-37(16-12-34)47-24-38(21-42)49-40(45)32-19-27(3)30(6)28(4)20-32/h9-20,35,38,42-43H,21-24H2,1-8H3. The second-order valence-corrected chi connectivity index (χ2v) is 13.2. The van der Waals surface area contributed by atoms with Gasteiger partial charge in [0.15, 0.2) is 6.10 Å². The Balaban J connectivity index is 1.26. The molecule has 0 aliphatic heterocycles. The minimum absolute atomic E-state index is 0.0134. The van der Waals surface area contributed by atoms with Crippen molar-refractivity contribution in [3.05, 3.63) is 128 Å². The molecule has 4 rings (SSSR count). The van der Waals surface area contributed by atoms with Gasteiger partial charge in [-0.25, -0.2) is 9.59 Å². The molecular weight excluding hydrogens is 620 g/mol. The number of aliphatic hydroxyl groups is 2. The lowest BCUT2D eigenvalue weighted by Gasteiger charge is -2.26. The molecule has 0 saturated heterocycles. The van der Waals surface area contributed by atoms with Crippen LogP contribution in [0, 0.1) is 41.5 Å². The molecule has 2 N–H and O–H groups in total. The Kier molecular flexibility index (Phi) is 12.3. The zero-order chi connectivity index (χ0) is 35.9. The van der Waals surface area contributed by atoms with Gasteiger partial charge in [-0.1, -0.05) is 38.1 Å². The lowest BCUT2D eigenvalue weighted by atomic mass is 9.78. The zero-order valence-electron chi connectivity index (χ0n) is 29.8. The highest BCUT2D eigenvalue weighted by Crippen LogP contribution is 2.33. The van der Waals surface area contributed by atoms with Crippen molar-refractivity contribution >= 4 is 11.9 Å². The fourth-order valence-corrected chi connectivity index (χ4v) is 5.44. The average molecular weight is 669 g/mol. The number of aliphatic hydroxyl groups excluding tert-OH is 2. The lowest BCUT2D eigenvalue weighted by molar-refractivity contribution is -0.00142. The van der Waals surface area contributed by atoms with Crippen LogP contribution in [0.3, 0.4) is 0 Å². The molecule has 0 aliphatic rings. The first-order chi connectivity index (χ1) is 23.2. The first-order valence-electron chi connectivity index (χ1n) is 16.5. The average Bonchev–Trinajstić information content (AvgIpc) is 3.09. The van der Waals surface area contributed by atoms with E-state index in [4.69, 9.17) is 18.9 Å². The molecule has 260 valence electrons. The van der Waals surface area contributed by atoms with Crippen LogP contribution in [0.2, 0.25) is 0 Å². The molecule has 0 amide bonds. The highest BCUT2D eigenvalue weighted by Gasteiger charge is 2.24. The second-order valence-electron chi connectivity index (χ2n) is 13.2. The normalized spacial score (nSPS) is 12.6. The molecule has 8 nitrogen and oxygen atoms in total. The molecule has 0 aromatic heterocycles. The van der Waals surface area contributed by atoms with E-state index in [2.05, 4.69) is 13.8 Å². The highest BCUT2D eigenvalue weighted by atomic mass is 16.6. The topological polar surface area (TPSA) is 112 Å². The van der Waals surface area contributed by atoms with Crippen molar-refractivity contribution in [1.82, 2.24) is 0 Å². The minimum Gasteiger partial charge on any atom is -0.491 e. The van der Waals surface area contributed by atoms with Crippen molar-refractivity contribution in [3.63, 3.8) is 0 Å². The van der Waals surface area contributed by atoms with Gasteiger partial charge in [0, 0.05) is 5.41 Å². The van der Waals surface area contributed by atoms with Crippen LogP contribution >= 0.6 is 0 Å². The Hall–Kier alpha value is -4.66. The number of carbonyl (C=O) groups is 2. The van der Waals surface area contributed by atoms with E-state index >= 15 is 0 Å². The summed E-state index contributed by atoms with van der Waals surface area (Å²) < 4.78 is 22.5. The van der Waals surface area contributed by atoms with Crippen molar-refractivity contribution in [2.45, 2.75) is 73.0 Å². The van der Waals surface area contributed by atoms with E-state index < -0.39 is 24.1 Å². The lowest BCUT2D eigenvalue weighted by Crippen LogP contribution is -2.28. The largest absolute Gasteiger partial charge is 0.491 e. The van der Waals surface area contributed by atoms with Crippen LogP contribution < -0.4 is 9.47 Å². The molecule has 0 saturated carbocycles. The maximum Gasteiger partial charge on any atom is 0.338 e. The summed E-state index contributed by atoms with van der Waals surface area (Å²) in [5.41, 5.74) is 8.99. The Morgan fingerprint density at radius 3 is 1.47 bits per heavy atom. The van der Waals surface area contributed by atoms with Crippen LogP contribution in [0.1, 0.15) is 79.1 Å². The highest BCUT2D eigenvalue weighted by molar-refractivity contribution is 5.90. The van der Waals surface area contributed by atoms with Gasteiger partial charge in [0.05, 0.1) is 17.7 Å². The van der Waals surface area contributed by atoms with Crippen molar-refractivity contribution in [2.75, 3.05) is 26.4 Å². The van der Waals surface area contributed by atoms with E-state index in [1.54, 1.807) is 24.3 Å². The van der Waals surface area contributed by atoms with E-state index in [1.165, 1.54) is 0 Å². The summed E-state index contributed by atoms with van der Waals surface area (Å²) in [6, 6.07) is 22.5. The van der Waals surface area contributed by atoms with Gasteiger partial charge in [-0.3, -0.25) is 0 Å². The van der Waals surface area contributed by atoms with Crippen molar-refractivity contribution in [3.8, 4) is 11.5 Å². The van der Waals surface area contributed by atoms with Crippen molar-refractivity contribution in [2.24, 2.45) is 0 Å². The molecule has 4 aromatic carbocycles. The van der Waals surface area contributed by atoms with E-state index in [1.807, 2.05) is 90.1 Å². The van der Waals surface area contributed by atoms with Gasteiger partial charge in [0.25, 0.3) is 0 Å². The fourth-order valence-electron chi connectivity index (χ4n) is 5.44. The number of benzene rings is 4. The number of esters is 2. The Morgan fingerprint density at radius 1 is 0.633 bits per heavy atom. The predicted molar refractivity (Wildman–Crippen MR) is 190 cm³/mol. The molecule has 0 heterocycles. The second kappa shape index (κ2) is 16.2. The van der Waals surface area contributed by atoms with E-state index in [9.17, 15) is 19.8 Å². The summed E-state index contributed by atoms with van der Waals surface area (Å²) in [6.07, 6.45) is -1.79. The quantitative estimate of drug-likeness (QED) is 0.138. The van der Waals surface area contributed by atoms with Gasteiger partial charge in [0.2, 0.25) is 0 Å². The van der Waals surface area contributed by atoms with Gasteiger partial charge >= 0.3 is 11.9 Å². The summed E-state index contributed by atoms with van der Waals surface area (Å²) in [6.45, 7) is 15.5. The third-order valence-corrected chi connectivity index (χ3v) is 9.24. The SMILES string of the molecule is Cc1cc(C(=O)OCC(O)COc2ccc(C(C)(C)c3ccc(OCC(CO)OC(=O)c4cc(C)c(C)c(C)c4)cc3)cc2)cc(C)c1C. The van der Waals surface area contributed by atoms with E-state index in [0.717, 1.165) is 44.5 Å². The smallest absolute Gasteiger partial charge is 0.338 e. The number of rotatable bonds is 14. The first kappa shape index (κ1) is 37.2. The summed E-state index contributed by atoms with van der Waals surface area (Å²) in [4.78, 5) is 25.2. The predicted octanol–water partition coefficient (Wildman–Crippen LogP) is 7.06. The Labute approximate surface area is 289 Å². The molecule has 0 aliphatic carbocycles. The van der Waals surface area contributed by atoms with Crippen LogP contribution in [0.15, 0.2) is 72.8 Å².